The molecule has 0 aliphatic carbocycles. The number of nitrogens with one attached hydrogen (secondary N) is 1. The molecule has 1 aromatic heterocycles. The Hall–Kier alpha value is -0.840. The molecule has 18 heavy (non-hydrogen) atoms. The second-order valence-corrected chi connectivity index (χ2v) is 5.52. The van der Waals surface area contributed by atoms with Crippen LogP contribution in [-0.2, 0) is 10.2 Å². The maximum atomic E-state index is 5.88. The normalized spacial score (nSPS) is 25.7. The van der Waals surface area contributed by atoms with E-state index in [2.05, 4.69) is 29.3 Å². The van der Waals surface area contributed by atoms with Crippen LogP contribution in [-0.4, -0.2) is 50.3 Å². The van der Waals surface area contributed by atoms with Gasteiger partial charge in [0.2, 0.25) is 0 Å². The van der Waals surface area contributed by atoms with E-state index in [0.29, 0.717) is 6.04 Å². The lowest BCUT2D eigenvalue weighted by molar-refractivity contribution is -0.110. The first-order chi connectivity index (χ1) is 8.72. The smallest absolute Gasteiger partial charge is 0.116 e. The lowest BCUT2D eigenvalue weighted by Crippen LogP contribution is -2.62. The van der Waals surface area contributed by atoms with Crippen LogP contribution in [0.5, 0.6) is 0 Å². The molecule has 0 radical (unpaired) electrons. The van der Waals surface area contributed by atoms with E-state index in [1.165, 1.54) is 0 Å². The van der Waals surface area contributed by atoms with Crippen molar-refractivity contribution in [2.45, 2.75) is 25.3 Å². The van der Waals surface area contributed by atoms with Crippen molar-refractivity contribution in [3.63, 3.8) is 0 Å². The summed E-state index contributed by atoms with van der Waals surface area (Å²) in [4.78, 5) is 2.55. The number of furan rings is 1. The predicted molar refractivity (Wildman–Crippen MR) is 69.8 cm³/mol. The number of nitrogens with zero attached hydrogens (tertiary/aromatic N) is 1. The Morgan fingerprint density at radius 1 is 1.28 bits per heavy atom. The zero-order valence-electron chi connectivity index (χ0n) is 11.2. The molecule has 0 amide bonds. The standard InChI is InChI=1S/C14H22N2O2/c1-11-3-4-13(18-11)14(9-17-10-14)12(2)16-7-5-15-6-8-16/h3-4,12,15H,5-10H2,1-2H3. The van der Waals surface area contributed by atoms with Crippen molar-refractivity contribution in [3.05, 3.63) is 23.7 Å². The van der Waals surface area contributed by atoms with E-state index >= 15 is 0 Å². The van der Waals surface area contributed by atoms with Gasteiger partial charge in [0.05, 0.1) is 18.6 Å². The highest BCUT2D eigenvalue weighted by molar-refractivity contribution is 5.23. The van der Waals surface area contributed by atoms with Gasteiger partial charge >= 0.3 is 0 Å². The molecule has 0 saturated carbocycles. The van der Waals surface area contributed by atoms with Gasteiger partial charge in [-0.1, -0.05) is 0 Å². The molecule has 2 aliphatic rings. The van der Waals surface area contributed by atoms with Gasteiger partial charge in [-0.25, -0.2) is 0 Å². The summed E-state index contributed by atoms with van der Waals surface area (Å²) in [6.07, 6.45) is 0. The van der Waals surface area contributed by atoms with E-state index in [9.17, 15) is 0 Å². The van der Waals surface area contributed by atoms with Gasteiger partial charge in [0, 0.05) is 32.2 Å². The maximum Gasteiger partial charge on any atom is 0.116 e. The van der Waals surface area contributed by atoms with Crippen molar-refractivity contribution in [2.24, 2.45) is 0 Å². The zero-order valence-corrected chi connectivity index (χ0v) is 11.2. The first-order valence-electron chi connectivity index (χ1n) is 6.82. The van der Waals surface area contributed by atoms with Crippen molar-refractivity contribution in [3.8, 4) is 0 Å². The number of rotatable bonds is 3. The van der Waals surface area contributed by atoms with Crippen LogP contribution in [0.25, 0.3) is 0 Å². The minimum absolute atomic E-state index is 0.0611. The summed E-state index contributed by atoms with van der Waals surface area (Å²) in [5.41, 5.74) is 0.0611. The van der Waals surface area contributed by atoms with E-state index in [4.69, 9.17) is 9.15 Å². The molecule has 4 heteroatoms. The molecule has 3 rings (SSSR count). The molecule has 1 aromatic rings. The fraction of sp³-hybridized carbons (Fsp3) is 0.714. The molecule has 4 nitrogen and oxygen atoms in total. The van der Waals surface area contributed by atoms with Gasteiger partial charge in [0.1, 0.15) is 11.5 Å². The van der Waals surface area contributed by atoms with Crippen LogP contribution in [0.2, 0.25) is 0 Å². The third-order valence-corrected chi connectivity index (χ3v) is 4.45. The lowest BCUT2D eigenvalue weighted by atomic mass is 9.76. The highest BCUT2D eigenvalue weighted by atomic mass is 16.5. The van der Waals surface area contributed by atoms with Gasteiger partial charge in [-0.05, 0) is 26.0 Å². The molecular formula is C14H22N2O2. The molecule has 3 heterocycles. The Balaban J connectivity index is 1.82. The molecule has 0 aromatic carbocycles. The van der Waals surface area contributed by atoms with E-state index < -0.39 is 0 Å². The molecule has 100 valence electrons. The average molecular weight is 250 g/mol. The summed E-state index contributed by atoms with van der Waals surface area (Å²) in [6, 6.07) is 4.65. The second-order valence-electron chi connectivity index (χ2n) is 5.52. The van der Waals surface area contributed by atoms with Gasteiger partial charge < -0.3 is 14.5 Å². The van der Waals surface area contributed by atoms with Crippen LogP contribution in [0, 0.1) is 6.92 Å². The third kappa shape index (κ3) is 1.88. The Morgan fingerprint density at radius 2 is 2.00 bits per heavy atom. The largest absolute Gasteiger partial charge is 0.466 e. The third-order valence-electron chi connectivity index (χ3n) is 4.45. The van der Waals surface area contributed by atoms with E-state index in [-0.39, 0.29) is 5.41 Å². The van der Waals surface area contributed by atoms with Crippen LogP contribution in [0.1, 0.15) is 18.4 Å². The molecular weight excluding hydrogens is 228 g/mol. The molecule has 2 aliphatic heterocycles. The fourth-order valence-corrected chi connectivity index (χ4v) is 3.03. The molecule has 2 saturated heterocycles. The van der Waals surface area contributed by atoms with E-state index in [1.807, 2.05) is 6.92 Å². The quantitative estimate of drug-likeness (QED) is 0.873. The second kappa shape index (κ2) is 4.68. The first kappa shape index (κ1) is 12.2. The topological polar surface area (TPSA) is 37.6 Å². The van der Waals surface area contributed by atoms with E-state index in [1.54, 1.807) is 0 Å². The number of ether oxygens (including phenoxy) is 1. The molecule has 2 fully saturated rings. The summed E-state index contributed by atoms with van der Waals surface area (Å²) in [6.45, 7) is 10.3. The summed E-state index contributed by atoms with van der Waals surface area (Å²) in [7, 11) is 0. The minimum Gasteiger partial charge on any atom is -0.466 e. The highest BCUT2D eigenvalue weighted by Gasteiger charge is 2.49. The van der Waals surface area contributed by atoms with Crippen LogP contribution < -0.4 is 5.32 Å². The Kier molecular flexibility index (Phi) is 3.18. The lowest BCUT2D eigenvalue weighted by Gasteiger charge is -2.49. The van der Waals surface area contributed by atoms with Crippen LogP contribution in [0.3, 0.4) is 0 Å². The van der Waals surface area contributed by atoms with Crippen LogP contribution in [0.15, 0.2) is 16.5 Å². The predicted octanol–water partition coefficient (Wildman–Crippen LogP) is 1.15. The van der Waals surface area contributed by atoms with Crippen molar-refractivity contribution in [1.82, 2.24) is 10.2 Å². The van der Waals surface area contributed by atoms with Crippen molar-refractivity contribution < 1.29 is 9.15 Å². The van der Waals surface area contributed by atoms with Crippen LogP contribution in [0.4, 0.5) is 0 Å². The van der Waals surface area contributed by atoms with Gasteiger partial charge in [-0.15, -0.1) is 0 Å². The minimum atomic E-state index is 0.0611. The Morgan fingerprint density at radius 3 is 2.50 bits per heavy atom. The maximum absolute atomic E-state index is 5.88. The molecule has 1 N–H and O–H groups in total. The average Bonchev–Trinajstić information content (AvgIpc) is 2.76. The van der Waals surface area contributed by atoms with Gasteiger partial charge in [0.15, 0.2) is 0 Å². The SMILES string of the molecule is Cc1ccc(C2(C(C)N3CCNCC3)COC2)o1. The summed E-state index contributed by atoms with van der Waals surface area (Å²) >= 11 is 0. The van der Waals surface area contributed by atoms with E-state index in [0.717, 1.165) is 50.9 Å². The van der Waals surface area contributed by atoms with Crippen molar-refractivity contribution in [2.75, 3.05) is 39.4 Å². The van der Waals surface area contributed by atoms with Crippen molar-refractivity contribution >= 4 is 0 Å². The number of aryl methyl sites for hydroxylation is 1. The Labute approximate surface area is 108 Å². The summed E-state index contributed by atoms with van der Waals surface area (Å²) < 4.78 is 11.4. The zero-order chi connectivity index (χ0) is 12.6. The summed E-state index contributed by atoms with van der Waals surface area (Å²) in [5, 5.41) is 3.40. The monoisotopic (exact) mass is 250 g/mol. The van der Waals surface area contributed by atoms with Crippen molar-refractivity contribution in [1.29, 1.82) is 0 Å². The Bertz CT molecular complexity index is 406. The fourth-order valence-electron chi connectivity index (χ4n) is 3.03. The molecule has 1 atom stereocenters. The van der Waals surface area contributed by atoms with Gasteiger partial charge in [-0.2, -0.15) is 0 Å². The van der Waals surface area contributed by atoms with Gasteiger partial charge in [-0.3, -0.25) is 4.90 Å². The molecule has 0 spiro atoms. The summed E-state index contributed by atoms with van der Waals surface area (Å²) in [5.74, 6) is 2.08. The molecule has 1 unspecified atom stereocenters. The van der Waals surface area contributed by atoms with Crippen LogP contribution >= 0.6 is 0 Å². The number of hydrogen-bond acceptors (Lipinski definition) is 4. The highest BCUT2D eigenvalue weighted by Crippen LogP contribution is 2.39. The number of piperazine rings is 1. The van der Waals surface area contributed by atoms with Gasteiger partial charge in [0.25, 0.3) is 0 Å². The number of hydrogen-bond donors (Lipinski definition) is 1. The first-order valence-corrected chi connectivity index (χ1v) is 6.82. The molecule has 0 bridgehead atoms.